The average Bonchev–Trinajstić information content (AvgIpc) is 2.27. The molecule has 0 saturated carbocycles. The van der Waals surface area contributed by atoms with Gasteiger partial charge in [-0.15, -0.1) is 0 Å². The van der Waals surface area contributed by atoms with Crippen molar-refractivity contribution in [1.82, 2.24) is 0 Å². The number of rotatable bonds is 3. The van der Waals surface area contributed by atoms with Crippen LogP contribution in [0.5, 0.6) is 5.75 Å². The Morgan fingerprint density at radius 3 is 2.94 bits per heavy atom. The first kappa shape index (κ1) is 11.7. The fourth-order valence-corrected chi connectivity index (χ4v) is 2.27. The van der Waals surface area contributed by atoms with Gasteiger partial charge in [-0.05, 0) is 29.7 Å². The predicted molar refractivity (Wildman–Crippen MR) is 66.1 cm³/mol. The van der Waals surface area contributed by atoms with Crippen molar-refractivity contribution in [2.24, 2.45) is 5.41 Å². The second-order valence-corrected chi connectivity index (χ2v) is 4.80. The largest absolute Gasteiger partial charge is 0.497 e. The Bertz CT molecular complexity index is 476. The van der Waals surface area contributed by atoms with Crippen LogP contribution in [0.15, 0.2) is 24.3 Å². The van der Waals surface area contributed by atoms with Gasteiger partial charge in [0.1, 0.15) is 5.75 Å². The van der Waals surface area contributed by atoms with E-state index in [1.165, 1.54) is 5.56 Å². The van der Waals surface area contributed by atoms with E-state index in [-0.39, 0.29) is 11.8 Å². The fraction of sp³-hybridized carbons (Fsp3) is 0.357. The summed E-state index contributed by atoms with van der Waals surface area (Å²) in [5.74, 6) is 0.0735. The zero-order chi connectivity index (χ0) is 12.5. The second-order valence-electron chi connectivity index (χ2n) is 4.80. The molecule has 1 aromatic carbocycles. The molecule has 3 nitrogen and oxygen atoms in total. The number of ether oxygens (including phenoxy) is 1. The molecule has 1 aliphatic carbocycles. The fourth-order valence-electron chi connectivity index (χ4n) is 2.27. The van der Waals surface area contributed by atoms with Crippen LogP contribution in [0.4, 0.5) is 0 Å². The van der Waals surface area contributed by atoms with Crippen LogP contribution in [0.1, 0.15) is 24.5 Å². The Balaban J connectivity index is 2.29. The average molecular weight is 232 g/mol. The number of carboxylic acid groups (broad SMARTS) is 1. The number of methoxy groups -OCH3 is 1. The Hall–Kier alpha value is -1.77. The van der Waals surface area contributed by atoms with Crippen LogP contribution in [0, 0.1) is 5.41 Å². The number of carbonyl (C=O) groups is 1. The Kier molecular flexibility index (Phi) is 2.92. The van der Waals surface area contributed by atoms with Crippen molar-refractivity contribution in [1.29, 1.82) is 0 Å². The molecule has 17 heavy (non-hydrogen) atoms. The highest BCUT2D eigenvalue weighted by atomic mass is 16.5. The van der Waals surface area contributed by atoms with Crippen molar-refractivity contribution < 1.29 is 14.6 Å². The third-order valence-corrected chi connectivity index (χ3v) is 3.17. The van der Waals surface area contributed by atoms with Gasteiger partial charge in [0.2, 0.25) is 0 Å². The third kappa shape index (κ3) is 2.49. The van der Waals surface area contributed by atoms with Gasteiger partial charge in [0.25, 0.3) is 0 Å². The number of benzene rings is 1. The summed E-state index contributed by atoms with van der Waals surface area (Å²) in [7, 11) is 1.64. The lowest BCUT2D eigenvalue weighted by atomic mass is 9.75. The summed E-state index contributed by atoms with van der Waals surface area (Å²) < 4.78 is 5.17. The summed E-state index contributed by atoms with van der Waals surface area (Å²) in [6.45, 7) is 1.98. The molecule has 90 valence electrons. The van der Waals surface area contributed by atoms with E-state index >= 15 is 0 Å². The number of allylic oxidation sites excluding steroid dienone is 1. The highest BCUT2D eigenvalue weighted by molar-refractivity contribution is 5.70. The van der Waals surface area contributed by atoms with Gasteiger partial charge in [-0.25, -0.2) is 0 Å². The van der Waals surface area contributed by atoms with Gasteiger partial charge in [0.05, 0.1) is 13.5 Å². The quantitative estimate of drug-likeness (QED) is 0.871. The highest BCUT2D eigenvalue weighted by Crippen LogP contribution is 2.36. The lowest BCUT2D eigenvalue weighted by Crippen LogP contribution is -2.23. The lowest BCUT2D eigenvalue weighted by molar-refractivity contribution is -0.138. The normalized spacial score (nSPS) is 22.0. The number of hydrogen-bond acceptors (Lipinski definition) is 2. The molecule has 0 fully saturated rings. The van der Waals surface area contributed by atoms with Crippen molar-refractivity contribution in [2.75, 3.05) is 7.11 Å². The molecule has 0 bridgehead atoms. The summed E-state index contributed by atoms with van der Waals surface area (Å²) in [6, 6.07) is 5.91. The molecule has 0 amide bonds. The number of fused-ring (bicyclic) bond motifs is 1. The van der Waals surface area contributed by atoms with Crippen molar-refractivity contribution in [2.45, 2.75) is 19.8 Å². The van der Waals surface area contributed by atoms with Gasteiger partial charge in [-0.2, -0.15) is 0 Å². The standard InChI is InChI=1S/C14H16O3/c1-14(9-13(15)16)6-5-10-7-12(17-2)4-3-11(10)8-14/h3-7H,8-9H2,1-2H3,(H,15,16). The first-order valence-electron chi connectivity index (χ1n) is 5.60. The highest BCUT2D eigenvalue weighted by Gasteiger charge is 2.28. The number of carboxylic acids is 1. The van der Waals surface area contributed by atoms with Crippen LogP contribution in [0.25, 0.3) is 6.08 Å². The molecule has 1 atom stereocenters. The van der Waals surface area contributed by atoms with Crippen molar-refractivity contribution in [3.63, 3.8) is 0 Å². The van der Waals surface area contributed by atoms with E-state index in [4.69, 9.17) is 9.84 Å². The maximum Gasteiger partial charge on any atom is 0.304 e. The monoisotopic (exact) mass is 232 g/mol. The second kappa shape index (κ2) is 4.24. The predicted octanol–water partition coefficient (Wildman–Crippen LogP) is 2.75. The Labute approximate surface area is 101 Å². The smallest absolute Gasteiger partial charge is 0.304 e. The van der Waals surface area contributed by atoms with E-state index in [0.29, 0.717) is 0 Å². The van der Waals surface area contributed by atoms with Crippen molar-refractivity contribution in [3.8, 4) is 5.75 Å². The van der Waals surface area contributed by atoms with Crippen LogP contribution < -0.4 is 4.74 Å². The minimum absolute atomic E-state index is 0.162. The molecular weight excluding hydrogens is 216 g/mol. The lowest BCUT2D eigenvalue weighted by Gasteiger charge is -2.28. The minimum atomic E-state index is -0.755. The zero-order valence-electron chi connectivity index (χ0n) is 10.1. The first-order chi connectivity index (χ1) is 8.02. The van der Waals surface area contributed by atoms with Crippen molar-refractivity contribution >= 4 is 12.0 Å². The summed E-state index contributed by atoms with van der Waals surface area (Å²) in [5, 5.41) is 8.91. The maximum atomic E-state index is 10.8. The van der Waals surface area contributed by atoms with Gasteiger partial charge >= 0.3 is 5.97 Å². The summed E-state index contributed by atoms with van der Waals surface area (Å²) in [5.41, 5.74) is 2.01. The molecular formula is C14H16O3. The zero-order valence-corrected chi connectivity index (χ0v) is 10.1. The molecule has 1 unspecified atom stereocenters. The summed E-state index contributed by atoms with van der Waals surface area (Å²) in [4.78, 5) is 10.8. The maximum absolute atomic E-state index is 10.8. The molecule has 2 rings (SSSR count). The van der Waals surface area contributed by atoms with E-state index in [1.807, 2.05) is 37.3 Å². The van der Waals surface area contributed by atoms with E-state index in [1.54, 1.807) is 7.11 Å². The molecule has 0 aromatic heterocycles. The van der Waals surface area contributed by atoms with E-state index < -0.39 is 5.97 Å². The number of aliphatic carboxylic acids is 1. The summed E-state index contributed by atoms with van der Waals surface area (Å²) in [6.07, 6.45) is 4.90. The molecule has 0 heterocycles. The molecule has 1 N–H and O–H groups in total. The van der Waals surface area contributed by atoms with Crippen LogP contribution in [-0.2, 0) is 11.2 Å². The number of hydrogen-bond donors (Lipinski definition) is 1. The Morgan fingerprint density at radius 1 is 1.53 bits per heavy atom. The first-order valence-corrected chi connectivity index (χ1v) is 5.60. The van der Waals surface area contributed by atoms with Crippen LogP contribution in [-0.4, -0.2) is 18.2 Å². The molecule has 1 aromatic rings. The molecule has 0 saturated heterocycles. The van der Waals surface area contributed by atoms with Crippen LogP contribution in [0.3, 0.4) is 0 Å². The molecule has 0 spiro atoms. The van der Waals surface area contributed by atoms with Gasteiger partial charge in [-0.1, -0.05) is 25.1 Å². The SMILES string of the molecule is COc1ccc2c(c1)C=CC(C)(CC(=O)O)C2. The Morgan fingerprint density at radius 2 is 2.29 bits per heavy atom. The third-order valence-electron chi connectivity index (χ3n) is 3.17. The van der Waals surface area contributed by atoms with Gasteiger partial charge in [-0.3, -0.25) is 4.79 Å². The van der Waals surface area contributed by atoms with Crippen LogP contribution >= 0.6 is 0 Å². The van der Waals surface area contributed by atoms with Gasteiger partial charge in [0.15, 0.2) is 0 Å². The van der Waals surface area contributed by atoms with Crippen LogP contribution in [0.2, 0.25) is 0 Å². The molecule has 0 radical (unpaired) electrons. The molecule has 1 aliphatic rings. The van der Waals surface area contributed by atoms with E-state index in [9.17, 15) is 4.79 Å². The summed E-state index contributed by atoms with van der Waals surface area (Å²) >= 11 is 0. The minimum Gasteiger partial charge on any atom is -0.497 e. The molecule has 3 heteroatoms. The van der Waals surface area contributed by atoms with Gasteiger partial charge < -0.3 is 9.84 Å². The van der Waals surface area contributed by atoms with E-state index in [0.717, 1.165) is 17.7 Å². The van der Waals surface area contributed by atoms with E-state index in [2.05, 4.69) is 0 Å². The molecule has 0 aliphatic heterocycles. The van der Waals surface area contributed by atoms with Crippen molar-refractivity contribution in [3.05, 3.63) is 35.4 Å². The van der Waals surface area contributed by atoms with Gasteiger partial charge in [0, 0.05) is 5.41 Å². The topological polar surface area (TPSA) is 46.5 Å².